The molecule has 1 saturated heterocycles. The summed E-state index contributed by atoms with van der Waals surface area (Å²) in [5.41, 5.74) is 2.05. The molecule has 1 aliphatic rings. The zero-order valence-corrected chi connectivity index (χ0v) is 11.7. The molecule has 1 atom stereocenters. The number of hydroxylamine groups is 2. The van der Waals surface area contributed by atoms with Gasteiger partial charge in [0.05, 0.1) is 6.54 Å². The Bertz CT molecular complexity index is 543. The molecule has 1 fully saturated rings. The largest absolute Gasteiger partial charge is 0.330 e. The molecular formula is C17H19NO2. The van der Waals surface area contributed by atoms with Gasteiger partial charge in [-0.15, -0.1) is 0 Å². The molecule has 3 rings (SSSR count). The molecule has 3 nitrogen and oxygen atoms in total. The molecule has 20 heavy (non-hydrogen) atoms. The molecule has 0 radical (unpaired) electrons. The molecule has 0 N–H and O–H groups in total. The van der Waals surface area contributed by atoms with Gasteiger partial charge in [-0.3, -0.25) is 4.84 Å². The SMILES string of the molecule is CC1(Cc2ccccc2)OCON1Cc1ccccc1. The maximum atomic E-state index is 5.83. The Hall–Kier alpha value is -1.68. The third kappa shape index (κ3) is 2.90. The third-order valence-electron chi connectivity index (χ3n) is 3.65. The molecule has 1 heterocycles. The molecule has 0 spiro atoms. The summed E-state index contributed by atoms with van der Waals surface area (Å²) >= 11 is 0. The van der Waals surface area contributed by atoms with Gasteiger partial charge in [-0.25, -0.2) is 0 Å². The highest BCUT2D eigenvalue weighted by Gasteiger charge is 2.39. The van der Waals surface area contributed by atoms with Gasteiger partial charge in [0, 0.05) is 6.42 Å². The van der Waals surface area contributed by atoms with Crippen molar-refractivity contribution in [1.29, 1.82) is 0 Å². The van der Waals surface area contributed by atoms with Crippen LogP contribution in [0.4, 0.5) is 0 Å². The number of nitrogens with zero attached hydrogens (tertiary/aromatic N) is 1. The summed E-state index contributed by atoms with van der Waals surface area (Å²) in [6, 6.07) is 20.7. The first kappa shape index (κ1) is 13.3. The molecule has 0 bridgehead atoms. The van der Waals surface area contributed by atoms with Crippen molar-refractivity contribution in [3.05, 3.63) is 71.8 Å². The van der Waals surface area contributed by atoms with Gasteiger partial charge in [0.15, 0.2) is 6.79 Å². The molecule has 3 heteroatoms. The van der Waals surface area contributed by atoms with Gasteiger partial charge < -0.3 is 4.74 Å². The van der Waals surface area contributed by atoms with Crippen LogP contribution >= 0.6 is 0 Å². The van der Waals surface area contributed by atoms with Crippen molar-refractivity contribution in [3.63, 3.8) is 0 Å². The molecule has 2 aromatic carbocycles. The van der Waals surface area contributed by atoms with Crippen molar-refractivity contribution in [2.75, 3.05) is 6.79 Å². The number of benzene rings is 2. The van der Waals surface area contributed by atoms with E-state index in [1.807, 2.05) is 29.3 Å². The van der Waals surface area contributed by atoms with E-state index in [0.717, 1.165) is 13.0 Å². The van der Waals surface area contributed by atoms with Crippen LogP contribution in [0.3, 0.4) is 0 Å². The second-order valence-electron chi connectivity index (χ2n) is 5.25. The van der Waals surface area contributed by atoms with E-state index in [-0.39, 0.29) is 0 Å². The number of hydrogen-bond donors (Lipinski definition) is 0. The third-order valence-corrected chi connectivity index (χ3v) is 3.65. The van der Waals surface area contributed by atoms with Crippen LogP contribution in [0.5, 0.6) is 0 Å². The molecule has 2 aromatic rings. The van der Waals surface area contributed by atoms with Gasteiger partial charge in [-0.2, -0.15) is 5.06 Å². The average molecular weight is 269 g/mol. The molecule has 0 aromatic heterocycles. The fourth-order valence-electron chi connectivity index (χ4n) is 2.50. The van der Waals surface area contributed by atoms with Crippen molar-refractivity contribution in [1.82, 2.24) is 5.06 Å². The Morgan fingerprint density at radius 3 is 2.20 bits per heavy atom. The van der Waals surface area contributed by atoms with Crippen LogP contribution in [0.1, 0.15) is 18.1 Å². The first-order valence-corrected chi connectivity index (χ1v) is 6.89. The van der Waals surface area contributed by atoms with Gasteiger partial charge in [0.2, 0.25) is 0 Å². The fraction of sp³-hybridized carbons (Fsp3) is 0.294. The molecule has 1 unspecified atom stereocenters. The lowest BCUT2D eigenvalue weighted by molar-refractivity contribution is -0.176. The lowest BCUT2D eigenvalue weighted by atomic mass is 10.0. The van der Waals surface area contributed by atoms with E-state index in [4.69, 9.17) is 9.57 Å². The molecule has 0 saturated carbocycles. The number of hydrogen-bond acceptors (Lipinski definition) is 3. The summed E-state index contributed by atoms with van der Waals surface area (Å²) in [7, 11) is 0. The lowest BCUT2D eigenvalue weighted by Crippen LogP contribution is -2.43. The fourth-order valence-corrected chi connectivity index (χ4v) is 2.50. The van der Waals surface area contributed by atoms with Crippen LogP contribution in [0.2, 0.25) is 0 Å². The van der Waals surface area contributed by atoms with Crippen molar-refractivity contribution in [3.8, 4) is 0 Å². The summed E-state index contributed by atoms with van der Waals surface area (Å²) in [6.07, 6.45) is 0.806. The predicted molar refractivity (Wildman–Crippen MR) is 77.6 cm³/mol. The first-order valence-electron chi connectivity index (χ1n) is 6.89. The zero-order valence-electron chi connectivity index (χ0n) is 11.7. The van der Waals surface area contributed by atoms with Gasteiger partial charge in [0.25, 0.3) is 0 Å². The maximum absolute atomic E-state index is 5.83. The monoisotopic (exact) mass is 269 g/mol. The van der Waals surface area contributed by atoms with Crippen LogP contribution in [-0.4, -0.2) is 17.6 Å². The van der Waals surface area contributed by atoms with Crippen LogP contribution < -0.4 is 0 Å². The van der Waals surface area contributed by atoms with Crippen molar-refractivity contribution < 1.29 is 9.57 Å². The molecule has 104 valence electrons. The minimum absolute atomic E-state index is 0.316. The summed E-state index contributed by atoms with van der Waals surface area (Å²) in [6.45, 7) is 3.12. The van der Waals surface area contributed by atoms with E-state index >= 15 is 0 Å². The normalized spacial score (nSPS) is 23.1. The van der Waals surface area contributed by atoms with Crippen LogP contribution in [0.25, 0.3) is 0 Å². The van der Waals surface area contributed by atoms with E-state index in [2.05, 4.69) is 43.3 Å². The van der Waals surface area contributed by atoms with Crippen molar-refractivity contribution in [2.24, 2.45) is 0 Å². The maximum Gasteiger partial charge on any atom is 0.169 e. The minimum Gasteiger partial charge on any atom is -0.330 e. The van der Waals surface area contributed by atoms with Crippen LogP contribution in [-0.2, 0) is 22.5 Å². The van der Waals surface area contributed by atoms with E-state index < -0.39 is 5.72 Å². The average Bonchev–Trinajstić information content (AvgIpc) is 2.82. The lowest BCUT2D eigenvalue weighted by Gasteiger charge is -2.31. The van der Waals surface area contributed by atoms with Gasteiger partial charge in [-0.05, 0) is 18.1 Å². The van der Waals surface area contributed by atoms with Crippen molar-refractivity contribution in [2.45, 2.75) is 25.6 Å². The summed E-state index contributed by atoms with van der Waals surface area (Å²) < 4.78 is 5.83. The summed E-state index contributed by atoms with van der Waals surface area (Å²) in [5, 5.41) is 1.94. The topological polar surface area (TPSA) is 21.7 Å². The molecule has 0 amide bonds. The number of ether oxygens (including phenoxy) is 1. The second kappa shape index (κ2) is 5.75. The summed E-state index contributed by atoms with van der Waals surface area (Å²) in [4.78, 5) is 5.66. The van der Waals surface area contributed by atoms with E-state index in [0.29, 0.717) is 6.79 Å². The van der Waals surface area contributed by atoms with Crippen molar-refractivity contribution >= 4 is 0 Å². The van der Waals surface area contributed by atoms with Gasteiger partial charge in [0.1, 0.15) is 5.72 Å². The molecular weight excluding hydrogens is 250 g/mol. The van der Waals surface area contributed by atoms with Gasteiger partial charge >= 0.3 is 0 Å². The van der Waals surface area contributed by atoms with E-state index in [1.165, 1.54) is 11.1 Å². The molecule has 0 aliphatic carbocycles. The Balaban J connectivity index is 1.74. The Morgan fingerprint density at radius 1 is 0.950 bits per heavy atom. The van der Waals surface area contributed by atoms with E-state index in [9.17, 15) is 0 Å². The smallest absolute Gasteiger partial charge is 0.169 e. The standard InChI is InChI=1S/C17H19NO2/c1-17(12-15-8-4-2-5-9-15)18(20-14-19-17)13-16-10-6-3-7-11-16/h2-11H,12-14H2,1H3. The quantitative estimate of drug-likeness (QED) is 0.849. The predicted octanol–water partition coefficient (Wildman–Crippen LogP) is 3.37. The number of rotatable bonds is 4. The van der Waals surface area contributed by atoms with Gasteiger partial charge in [-0.1, -0.05) is 60.7 Å². The highest BCUT2D eigenvalue weighted by Crippen LogP contribution is 2.29. The highest BCUT2D eigenvalue weighted by atomic mass is 16.9. The summed E-state index contributed by atoms with van der Waals surface area (Å²) in [5.74, 6) is 0. The van der Waals surface area contributed by atoms with Crippen LogP contribution in [0, 0.1) is 0 Å². The Morgan fingerprint density at radius 2 is 1.55 bits per heavy atom. The highest BCUT2D eigenvalue weighted by molar-refractivity contribution is 5.18. The minimum atomic E-state index is -0.419. The second-order valence-corrected chi connectivity index (χ2v) is 5.25. The Labute approximate surface area is 119 Å². The van der Waals surface area contributed by atoms with Crippen LogP contribution in [0.15, 0.2) is 60.7 Å². The first-order chi connectivity index (χ1) is 9.76. The Kier molecular flexibility index (Phi) is 3.83. The van der Waals surface area contributed by atoms with E-state index in [1.54, 1.807) is 0 Å². The zero-order chi connectivity index (χ0) is 13.8. The molecule has 1 aliphatic heterocycles.